The second-order valence-corrected chi connectivity index (χ2v) is 4.22. The molecule has 1 heterocycles. The van der Waals surface area contributed by atoms with Crippen LogP contribution in [0.3, 0.4) is 0 Å². The lowest BCUT2D eigenvalue weighted by Crippen LogP contribution is -2.07. The van der Waals surface area contributed by atoms with Crippen molar-refractivity contribution in [2.24, 2.45) is 7.05 Å². The molecule has 0 amide bonds. The molecule has 100 valence electrons. The number of rotatable bonds is 3. The lowest BCUT2D eigenvalue weighted by atomic mass is 10.1. The van der Waals surface area contributed by atoms with Crippen molar-refractivity contribution in [1.82, 2.24) is 9.55 Å². The summed E-state index contributed by atoms with van der Waals surface area (Å²) < 4.78 is 38.7. The minimum absolute atomic E-state index is 0.0369. The van der Waals surface area contributed by atoms with Crippen LogP contribution in [0.1, 0.15) is 21.6 Å². The summed E-state index contributed by atoms with van der Waals surface area (Å²) in [6.07, 6.45) is -1.24. The number of alkyl halides is 3. The monoisotopic (exact) mass is 268 g/mol. The molecule has 0 saturated carbocycles. The highest BCUT2D eigenvalue weighted by molar-refractivity contribution is 5.95. The van der Waals surface area contributed by atoms with E-state index in [4.69, 9.17) is 0 Å². The average Bonchev–Trinajstić information content (AvgIpc) is 2.75. The summed E-state index contributed by atoms with van der Waals surface area (Å²) in [4.78, 5) is 15.7. The summed E-state index contributed by atoms with van der Waals surface area (Å²) in [5.41, 5.74) is 0.118. The van der Waals surface area contributed by atoms with Crippen LogP contribution in [-0.4, -0.2) is 15.3 Å². The molecule has 0 bridgehead atoms. The quantitative estimate of drug-likeness (QED) is 0.802. The largest absolute Gasteiger partial charge is 0.416 e. The van der Waals surface area contributed by atoms with E-state index in [0.717, 1.165) is 12.1 Å². The highest BCUT2D eigenvalue weighted by atomic mass is 19.4. The lowest BCUT2D eigenvalue weighted by Gasteiger charge is -2.06. The van der Waals surface area contributed by atoms with Crippen molar-refractivity contribution in [3.8, 4) is 0 Å². The Morgan fingerprint density at radius 3 is 2.37 bits per heavy atom. The van der Waals surface area contributed by atoms with Gasteiger partial charge in [-0.15, -0.1) is 0 Å². The normalized spacial score (nSPS) is 11.6. The topological polar surface area (TPSA) is 34.9 Å². The molecule has 0 spiro atoms. The third-order valence-electron chi connectivity index (χ3n) is 2.64. The van der Waals surface area contributed by atoms with Crippen molar-refractivity contribution in [3.63, 3.8) is 0 Å². The first-order valence-electron chi connectivity index (χ1n) is 5.53. The number of carbonyl (C=O) groups is 1. The van der Waals surface area contributed by atoms with Crippen LogP contribution in [0, 0.1) is 0 Å². The van der Waals surface area contributed by atoms with E-state index in [-0.39, 0.29) is 12.2 Å². The summed E-state index contributed by atoms with van der Waals surface area (Å²) in [5, 5.41) is 0. The minimum Gasteiger partial charge on any atom is -0.340 e. The lowest BCUT2D eigenvalue weighted by molar-refractivity contribution is -0.137. The fourth-order valence-corrected chi connectivity index (χ4v) is 1.64. The van der Waals surface area contributed by atoms with E-state index in [1.165, 1.54) is 18.5 Å². The molecule has 0 aliphatic carbocycles. The maximum absolute atomic E-state index is 12.4. The fraction of sp³-hybridized carbons (Fsp3) is 0.231. The molecule has 3 nitrogen and oxygen atoms in total. The standard InChI is InChI=1S/C13H11F3N2O/c1-18-7-11(17-8-18)12(19)6-9-2-4-10(5-3-9)13(14,15)16/h2-5,7-8H,6H2,1H3. The predicted molar refractivity (Wildman–Crippen MR) is 62.7 cm³/mol. The highest BCUT2D eigenvalue weighted by Crippen LogP contribution is 2.29. The van der Waals surface area contributed by atoms with Crippen molar-refractivity contribution in [2.75, 3.05) is 0 Å². The molecular formula is C13H11F3N2O. The first-order valence-corrected chi connectivity index (χ1v) is 5.53. The minimum atomic E-state index is -4.36. The van der Waals surface area contributed by atoms with Gasteiger partial charge in [-0.1, -0.05) is 12.1 Å². The van der Waals surface area contributed by atoms with Crippen LogP contribution in [0.2, 0.25) is 0 Å². The van der Waals surface area contributed by atoms with Crippen LogP contribution in [0.15, 0.2) is 36.8 Å². The second kappa shape index (κ2) is 4.87. The summed E-state index contributed by atoms with van der Waals surface area (Å²) in [6.45, 7) is 0. The summed E-state index contributed by atoms with van der Waals surface area (Å²) in [6, 6.07) is 4.56. The Morgan fingerprint density at radius 1 is 1.26 bits per heavy atom. The number of ketones is 1. The van der Waals surface area contributed by atoms with Gasteiger partial charge >= 0.3 is 6.18 Å². The Hall–Kier alpha value is -2.11. The van der Waals surface area contributed by atoms with E-state index < -0.39 is 11.7 Å². The molecule has 1 aromatic heterocycles. The maximum Gasteiger partial charge on any atom is 0.416 e. The van der Waals surface area contributed by atoms with E-state index in [1.807, 2.05) is 0 Å². The molecule has 0 aliphatic rings. The number of hydrogen-bond donors (Lipinski definition) is 0. The zero-order valence-electron chi connectivity index (χ0n) is 10.1. The van der Waals surface area contributed by atoms with Gasteiger partial charge in [0.2, 0.25) is 0 Å². The number of Topliss-reactive ketones (excluding diaryl/α,β-unsaturated/α-hetero) is 1. The van der Waals surface area contributed by atoms with Crippen LogP contribution >= 0.6 is 0 Å². The van der Waals surface area contributed by atoms with Gasteiger partial charge in [0.15, 0.2) is 5.78 Å². The first kappa shape index (κ1) is 13.3. The van der Waals surface area contributed by atoms with Crippen LogP contribution < -0.4 is 0 Å². The van der Waals surface area contributed by atoms with E-state index in [2.05, 4.69) is 4.98 Å². The molecule has 6 heteroatoms. The number of carbonyl (C=O) groups excluding carboxylic acids is 1. The summed E-state index contributed by atoms with van der Waals surface area (Å²) in [7, 11) is 1.74. The van der Waals surface area contributed by atoms with Crippen molar-refractivity contribution < 1.29 is 18.0 Å². The van der Waals surface area contributed by atoms with Crippen LogP contribution in [-0.2, 0) is 19.6 Å². The SMILES string of the molecule is Cn1cnc(C(=O)Cc2ccc(C(F)(F)F)cc2)c1. The molecule has 19 heavy (non-hydrogen) atoms. The Morgan fingerprint density at radius 2 is 1.89 bits per heavy atom. The van der Waals surface area contributed by atoms with Crippen molar-refractivity contribution in [3.05, 3.63) is 53.6 Å². The molecule has 0 fully saturated rings. The van der Waals surface area contributed by atoms with E-state index in [9.17, 15) is 18.0 Å². The smallest absolute Gasteiger partial charge is 0.340 e. The second-order valence-electron chi connectivity index (χ2n) is 4.22. The van der Waals surface area contributed by atoms with Gasteiger partial charge in [-0.05, 0) is 17.7 Å². The van der Waals surface area contributed by atoms with Crippen molar-refractivity contribution >= 4 is 5.78 Å². The predicted octanol–water partition coefficient (Wildman–Crippen LogP) is 2.86. The average molecular weight is 268 g/mol. The van der Waals surface area contributed by atoms with E-state index >= 15 is 0 Å². The van der Waals surface area contributed by atoms with E-state index in [0.29, 0.717) is 11.3 Å². The van der Waals surface area contributed by atoms with Crippen LogP contribution in [0.4, 0.5) is 13.2 Å². The third-order valence-corrected chi connectivity index (χ3v) is 2.64. The molecule has 0 N–H and O–H groups in total. The zero-order valence-corrected chi connectivity index (χ0v) is 10.1. The molecular weight excluding hydrogens is 257 g/mol. The van der Waals surface area contributed by atoms with Crippen molar-refractivity contribution in [1.29, 1.82) is 0 Å². The number of halogens is 3. The Bertz CT molecular complexity index is 585. The molecule has 0 radical (unpaired) electrons. The van der Waals surface area contributed by atoms with E-state index in [1.54, 1.807) is 17.8 Å². The number of imidazole rings is 1. The molecule has 2 rings (SSSR count). The summed E-state index contributed by atoms with van der Waals surface area (Å²) in [5.74, 6) is -0.222. The number of aromatic nitrogens is 2. The molecule has 0 atom stereocenters. The Labute approximate surface area is 107 Å². The molecule has 0 aliphatic heterocycles. The fourth-order valence-electron chi connectivity index (χ4n) is 1.64. The molecule has 0 unspecified atom stereocenters. The summed E-state index contributed by atoms with van der Waals surface area (Å²) >= 11 is 0. The zero-order chi connectivity index (χ0) is 14.0. The number of nitrogens with zero attached hydrogens (tertiary/aromatic N) is 2. The van der Waals surface area contributed by atoms with Gasteiger partial charge in [0, 0.05) is 19.7 Å². The van der Waals surface area contributed by atoms with Gasteiger partial charge < -0.3 is 4.57 Å². The van der Waals surface area contributed by atoms with Gasteiger partial charge in [0.1, 0.15) is 5.69 Å². The molecule has 0 saturated heterocycles. The van der Waals surface area contributed by atoms with Crippen LogP contribution in [0.25, 0.3) is 0 Å². The number of hydrogen-bond acceptors (Lipinski definition) is 2. The van der Waals surface area contributed by atoms with Crippen molar-refractivity contribution in [2.45, 2.75) is 12.6 Å². The Kier molecular flexibility index (Phi) is 3.42. The number of benzene rings is 1. The highest BCUT2D eigenvalue weighted by Gasteiger charge is 2.29. The Balaban J connectivity index is 2.10. The maximum atomic E-state index is 12.4. The third kappa shape index (κ3) is 3.21. The van der Waals surface area contributed by atoms with Gasteiger partial charge in [-0.2, -0.15) is 13.2 Å². The van der Waals surface area contributed by atoms with Gasteiger partial charge in [0.05, 0.1) is 11.9 Å². The first-order chi connectivity index (χ1) is 8.86. The van der Waals surface area contributed by atoms with Crippen LogP contribution in [0.5, 0.6) is 0 Å². The number of aryl methyl sites for hydroxylation is 1. The van der Waals surface area contributed by atoms with Gasteiger partial charge in [-0.25, -0.2) is 4.98 Å². The molecule has 1 aromatic carbocycles. The van der Waals surface area contributed by atoms with Gasteiger partial charge in [-0.3, -0.25) is 4.79 Å². The van der Waals surface area contributed by atoms with Gasteiger partial charge in [0.25, 0.3) is 0 Å². The molecule has 2 aromatic rings.